The van der Waals surface area contributed by atoms with Gasteiger partial charge in [0, 0.05) is 22.8 Å². The molecule has 0 aromatic heterocycles. The maximum absolute atomic E-state index is 11.4. The molecule has 0 bridgehead atoms. The Morgan fingerprint density at radius 2 is 0.836 bits per heavy atom. The molecule has 0 amide bonds. The molecule has 314 valence electrons. The summed E-state index contributed by atoms with van der Waals surface area (Å²) in [5, 5.41) is 2.86. The van der Waals surface area contributed by atoms with Gasteiger partial charge in [-0.05, 0) is 73.9 Å². The molecule has 0 saturated heterocycles. The summed E-state index contributed by atoms with van der Waals surface area (Å²) in [5.41, 5.74) is 19.4. The van der Waals surface area contributed by atoms with Crippen LogP contribution in [-0.4, -0.2) is 4.70 Å². The second kappa shape index (κ2) is 34.1. The van der Waals surface area contributed by atoms with Crippen molar-refractivity contribution in [3.8, 4) is 0 Å². The zero-order chi connectivity index (χ0) is 39.6. The number of hydrogen-bond acceptors (Lipinski definition) is 0. The third-order valence-corrected chi connectivity index (χ3v) is 12.5. The van der Waals surface area contributed by atoms with Gasteiger partial charge in [-0.3, -0.25) is 0 Å². The van der Waals surface area contributed by atoms with Crippen LogP contribution in [0, 0.1) is 0 Å². The fourth-order valence-electron chi connectivity index (χ4n) is 7.56. The van der Waals surface area contributed by atoms with Crippen LogP contribution in [0.1, 0.15) is 230 Å². The van der Waals surface area contributed by atoms with Crippen molar-refractivity contribution >= 4 is 11.4 Å². The molecule has 0 N–H and O–H groups in total. The summed E-state index contributed by atoms with van der Waals surface area (Å²) in [5.74, 6) is 0. The summed E-state index contributed by atoms with van der Waals surface area (Å²) >= 11 is 2.03. The number of unbranched alkanes of at least 4 members (excludes halogenated alkanes) is 21. The quantitative estimate of drug-likeness (QED) is 0.0391. The van der Waals surface area contributed by atoms with E-state index in [-0.39, 0.29) is 0 Å². The average Bonchev–Trinajstić information content (AvgIpc) is 3.54. The van der Waals surface area contributed by atoms with Gasteiger partial charge in [0.1, 0.15) is 0 Å². The number of aryl methyl sites for hydroxylation is 2. The average molecular weight is 798 g/mol. The Labute approximate surface area is 348 Å². The van der Waals surface area contributed by atoms with Crippen molar-refractivity contribution in [2.45, 2.75) is 232 Å². The Morgan fingerprint density at radius 1 is 0.436 bits per heavy atom. The van der Waals surface area contributed by atoms with E-state index in [0.717, 1.165) is 48.2 Å². The zero-order valence-corrected chi connectivity index (χ0v) is 37.8. The Hall–Kier alpha value is -1.99. The standard InChI is InChI=1S/C30H40N2.2C11H23.Ni/c1-4-7-10-15-25-16-12-19-26(21-25)29-23-28(18-11-8-5-2)30(32(29)31)27-20-13-17-24(22-27)14-9-6-3;2*1-3-5-7-9-11-10-8-6-4-2;/h12-13,16-17,19-23H,4-11,14-15,18H2,1-3H3;2*1,3-11H2,2H3;. The first kappa shape index (κ1) is 49.2. The molecular weight excluding hydrogens is 711 g/mol. The summed E-state index contributed by atoms with van der Waals surface area (Å²) in [7, 11) is 0. The normalized spacial score (nSPS) is 12.7. The fourth-order valence-corrected chi connectivity index (χ4v) is 8.79. The van der Waals surface area contributed by atoms with Gasteiger partial charge in [0.15, 0.2) is 0 Å². The Kier molecular flexibility index (Phi) is 30.5. The van der Waals surface area contributed by atoms with Crippen molar-refractivity contribution in [1.82, 2.24) is 0 Å². The number of allylic oxidation sites excluding steroid dienone is 2. The van der Waals surface area contributed by atoms with E-state index >= 15 is 0 Å². The van der Waals surface area contributed by atoms with Crippen LogP contribution in [0.15, 0.2) is 60.2 Å². The maximum atomic E-state index is 11.4. The van der Waals surface area contributed by atoms with Crippen molar-refractivity contribution < 1.29 is 19.1 Å². The van der Waals surface area contributed by atoms with Gasteiger partial charge in [0.2, 0.25) is 11.4 Å². The van der Waals surface area contributed by atoms with Crippen LogP contribution in [0.5, 0.6) is 0 Å². The molecule has 3 heteroatoms. The topological polar surface area (TPSA) is 25.3 Å². The van der Waals surface area contributed by atoms with Crippen molar-refractivity contribution in [3.05, 3.63) is 88.0 Å². The molecule has 3 rings (SSSR count). The summed E-state index contributed by atoms with van der Waals surface area (Å²) in [6.07, 6.45) is 41.4. The van der Waals surface area contributed by atoms with Gasteiger partial charge < -0.3 is 5.53 Å². The van der Waals surface area contributed by atoms with Crippen LogP contribution in [0.3, 0.4) is 0 Å². The molecule has 55 heavy (non-hydrogen) atoms. The predicted octanol–water partition coefficient (Wildman–Crippen LogP) is 18.1. The second-order valence-corrected chi connectivity index (χ2v) is 17.7. The third kappa shape index (κ3) is 22.5. The monoisotopic (exact) mass is 797 g/mol. The summed E-state index contributed by atoms with van der Waals surface area (Å²) < 4.78 is 1.45. The molecule has 0 spiro atoms. The predicted molar refractivity (Wildman–Crippen MR) is 241 cm³/mol. The van der Waals surface area contributed by atoms with Crippen molar-refractivity contribution in [1.29, 1.82) is 0 Å². The molecular formula is C52H86N2Ni. The van der Waals surface area contributed by atoms with Crippen LogP contribution in [0.25, 0.3) is 16.9 Å². The van der Waals surface area contributed by atoms with Gasteiger partial charge in [0.25, 0.3) is 0 Å². The van der Waals surface area contributed by atoms with Crippen LogP contribution in [-0.2, 0) is 27.3 Å². The van der Waals surface area contributed by atoms with E-state index in [2.05, 4.69) is 89.2 Å². The fraction of sp³-hybridized carbons (Fsp3) is 0.692. The molecule has 0 atom stereocenters. The van der Waals surface area contributed by atoms with E-state index in [0.29, 0.717) is 0 Å². The van der Waals surface area contributed by atoms with Gasteiger partial charge >= 0.3 is 155 Å². The van der Waals surface area contributed by atoms with E-state index in [9.17, 15) is 5.53 Å². The van der Waals surface area contributed by atoms with Gasteiger partial charge in [-0.1, -0.05) is 77.1 Å². The first-order valence-electron chi connectivity index (χ1n) is 23.7. The van der Waals surface area contributed by atoms with Gasteiger partial charge in [0.05, 0.1) is 0 Å². The molecule has 1 aliphatic rings. The number of nitrogens with zero attached hydrogens (tertiary/aromatic N) is 2. The van der Waals surface area contributed by atoms with Crippen LogP contribution in [0.4, 0.5) is 0 Å². The summed E-state index contributed by atoms with van der Waals surface area (Å²) in [4.78, 5) is 0. The molecule has 0 unspecified atom stereocenters. The first-order chi connectivity index (χ1) is 27.1. The van der Waals surface area contributed by atoms with E-state index in [4.69, 9.17) is 0 Å². The second-order valence-electron chi connectivity index (χ2n) is 16.3. The molecule has 1 heterocycles. The molecule has 0 radical (unpaired) electrons. The first-order valence-corrected chi connectivity index (χ1v) is 25.1. The minimum atomic E-state index is 0.905. The SMILES string of the molecule is CCCCCC1=C(c2cccc(CCCC)c2)[N+](=[N-])C(c2cccc(CCCCC)c2)=C1.CCCCCCCCCC[CH2][Ni][CH2]CCCCCCCCCC. The number of hydrogen-bond donors (Lipinski definition) is 0. The van der Waals surface area contributed by atoms with Crippen molar-refractivity contribution in [2.24, 2.45) is 0 Å². The minimum absolute atomic E-state index is 0.905. The summed E-state index contributed by atoms with van der Waals surface area (Å²) in [6, 6.07) is 17.5. The van der Waals surface area contributed by atoms with Gasteiger partial charge in [-0.2, -0.15) is 0 Å². The molecule has 1 aliphatic heterocycles. The van der Waals surface area contributed by atoms with E-state index in [1.807, 2.05) is 14.4 Å². The Bertz CT molecular complexity index is 1290. The Balaban J connectivity index is 0.000000404. The van der Waals surface area contributed by atoms with Gasteiger partial charge in [-0.15, -0.1) is 0 Å². The van der Waals surface area contributed by atoms with E-state index in [1.54, 1.807) is 0 Å². The molecule has 2 aromatic rings. The molecule has 0 saturated carbocycles. The Morgan fingerprint density at radius 3 is 1.35 bits per heavy atom. The van der Waals surface area contributed by atoms with Crippen LogP contribution >= 0.6 is 0 Å². The number of benzene rings is 2. The van der Waals surface area contributed by atoms with E-state index in [1.165, 1.54) is 193 Å². The van der Waals surface area contributed by atoms with Crippen LogP contribution in [0.2, 0.25) is 10.8 Å². The third-order valence-electron chi connectivity index (χ3n) is 11.1. The van der Waals surface area contributed by atoms with Crippen LogP contribution < -0.4 is 0 Å². The van der Waals surface area contributed by atoms with Crippen molar-refractivity contribution in [3.63, 3.8) is 0 Å². The van der Waals surface area contributed by atoms with E-state index < -0.39 is 0 Å². The molecule has 2 nitrogen and oxygen atoms in total. The zero-order valence-electron chi connectivity index (χ0n) is 36.8. The molecule has 2 aromatic carbocycles. The van der Waals surface area contributed by atoms with Gasteiger partial charge in [-0.25, -0.2) is 4.70 Å². The number of rotatable bonds is 33. The molecule has 0 aliphatic carbocycles. The summed E-state index contributed by atoms with van der Waals surface area (Å²) in [6.45, 7) is 11.3. The van der Waals surface area contributed by atoms with Crippen molar-refractivity contribution in [2.75, 3.05) is 0 Å². The molecule has 0 fully saturated rings.